The number of ether oxygens (including phenoxy) is 4. The molecule has 0 radical (unpaired) electrons. The minimum Gasteiger partial charge on any atom is -0.493 e. The molecule has 1 N–H and O–H groups in total. The van der Waals surface area contributed by atoms with E-state index in [1.165, 1.54) is 7.11 Å². The van der Waals surface area contributed by atoms with Crippen LogP contribution in [0.5, 0.6) is 17.2 Å². The number of benzene rings is 2. The summed E-state index contributed by atoms with van der Waals surface area (Å²) in [5, 5.41) is 2.81. The second-order valence-corrected chi connectivity index (χ2v) is 6.25. The van der Waals surface area contributed by atoms with Crippen LogP contribution < -0.4 is 19.5 Å². The summed E-state index contributed by atoms with van der Waals surface area (Å²) in [5.74, 6) is 6.12. The Bertz CT molecular complexity index is 909. The lowest BCUT2D eigenvalue weighted by molar-refractivity contribution is -0.132. The predicted octanol–water partition coefficient (Wildman–Crippen LogP) is 2.90. The fraction of sp³-hybridized carbons (Fsp3) is 0.292. The van der Waals surface area contributed by atoms with E-state index in [1.807, 2.05) is 31.2 Å². The molecular formula is C24H25NO5. The first-order valence-corrected chi connectivity index (χ1v) is 9.35. The van der Waals surface area contributed by atoms with Crippen molar-refractivity contribution in [3.05, 3.63) is 53.6 Å². The van der Waals surface area contributed by atoms with Gasteiger partial charge >= 0.3 is 0 Å². The molecule has 0 fully saturated rings. The van der Waals surface area contributed by atoms with Crippen molar-refractivity contribution < 1.29 is 23.7 Å². The molecule has 2 rings (SSSR count). The number of terminal acetylenes is 2. The Morgan fingerprint density at radius 1 is 1.03 bits per heavy atom. The van der Waals surface area contributed by atoms with Gasteiger partial charge < -0.3 is 24.3 Å². The molecule has 6 heteroatoms. The van der Waals surface area contributed by atoms with Crippen LogP contribution >= 0.6 is 0 Å². The van der Waals surface area contributed by atoms with Crippen LogP contribution in [0.3, 0.4) is 0 Å². The molecule has 0 aliphatic rings. The normalized spacial score (nSPS) is 10.9. The summed E-state index contributed by atoms with van der Waals surface area (Å²) in [6, 6.07) is 12.7. The van der Waals surface area contributed by atoms with Crippen molar-refractivity contribution in [2.45, 2.75) is 13.0 Å². The predicted molar refractivity (Wildman–Crippen MR) is 115 cm³/mol. The smallest absolute Gasteiger partial charge is 0.253 e. The van der Waals surface area contributed by atoms with Gasteiger partial charge in [-0.3, -0.25) is 4.79 Å². The number of hydrogen-bond donors (Lipinski definition) is 1. The first-order chi connectivity index (χ1) is 14.6. The molecule has 0 aromatic heterocycles. The maximum atomic E-state index is 12.6. The van der Waals surface area contributed by atoms with Gasteiger partial charge in [-0.1, -0.05) is 41.7 Å². The Balaban J connectivity index is 1.90. The number of aryl methyl sites for hydroxylation is 1. The van der Waals surface area contributed by atoms with E-state index in [2.05, 4.69) is 17.2 Å². The molecule has 0 spiro atoms. The molecule has 1 unspecified atom stereocenters. The van der Waals surface area contributed by atoms with Crippen molar-refractivity contribution in [2.75, 3.05) is 33.5 Å². The van der Waals surface area contributed by atoms with Gasteiger partial charge in [-0.2, -0.15) is 0 Å². The molecule has 2 aromatic carbocycles. The second-order valence-electron chi connectivity index (χ2n) is 6.25. The van der Waals surface area contributed by atoms with E-state index < -0.39 is 6.10 Å². The van der Waals surface area contributed by atoms with Crippen molar-refractivity contribution >= 4 is 5.91 Å². The van der Waals surface area contributed by atoms with Crippen molar-refractivity contribution in [2.24, 2.45) is 0 Å². The monoisotopic (exact) mass is 407 g/mol. The average Bonchev–Trinajstić information content (AvgIpc) is 2.77. The zero-order valence-electron chi connectivity index (χ0n) is 17.1. The number of hydrogen-bond acceptors (Lipinski definition) is 5. The molecule has 2 aromatic rings. The molecule has 0 saturated carbocycles. The number of amides is 1. The number of nitrogens with one attached hydrogen (secondary N) is 1. The van der Waals surface area contributed by atoms with Gasteiger partial charge in [-0.15, -0.1) is 12.8 Å². The van der Waals surface area contributed by atoms with Crippen molar-refractivity contribution in [3.63, 3.8) is 0 Å². The molecule has 156 valence electrons. The third kappa shape index (κ3) is 6.77. The van der Waals surface area contributed by atoms with Crippen molar-refractivity contribution in [1.29, 1.82) is 0 Å². The summed E-state index contributed by atoms with van der Waals surface area (Å²) in [4.78, 5) is 12.6. The molecule has 0 aliphatic carbocycles. The molecule has 1 atom stereocenters. The van der Waals surface area contributed by atoms with Gasteiger partial charge in [-0.25, -0.2) is 0 Å². The van der Waals surface area contributed by atoms with Crippen LogP contribution in [0.1, 0.15) is 17.2 Å². The lowest BCUT2D eigenvalue weighted by Gasteiger charge is -2.17. The van der Waals surface area contributed by atoms with Gasteiger partial charge in [0.05, 0.1) is 13.7 Å². The van der Waals surface area contributed by atoms with Crippen LogP contribution in [0.25, 0.3) is 0 Å². The highest BCUT2D eigenvalue weighted by molar-refractivity contribution is 5.82. The van der Waals surface area contributed by atoms with E-state index >= 15 is 0 Å². The fourth-order valence-electron chi connectivity index (χ4n) is 2.61. The van der Waals surface area contributed by atoms with Crippen LogP contribution in [-0.4, -0.2) is 39.4 Å². The molecule has 0 heterocycles. The fourth-order valence-corrected chi connectivity index (χ4v) is 2.61. The van der Waals surface area contributed by atoms with E-state index in [4.69, 9.17) is 31.8 Å². The standard InChI is InChI=1S/C24H25NO5/c1-5-14-29-21-12-11-20(17-22(21)27-4)28-16-13-25-24(26)23(30-15-6-2)19-9-7-18(3)8-10-19/h1-2,7-12,17,23H,13-16H2,3-4H3,(H,25,26). The van der Waals surface area contributed by atoms with Crippen LogP contribution in [0.2, 0.25) is 0 Å². The SMILES string of the molecule is C#CCOc1ccc(OCCNC(=O)C(OCC#C)c2ccc(C)cc2)cc1OC. The van der Waals surface area contributed by atoms with Crippen LogP contribution in [0.15, 0.2) is 42.5 Å². The maximum absolute atomic E-state index is 12.6. The van der Waals surface area contributed by atoms with Crippen LogP contribution in [0.4, 0.5) is 0 Å². The topological polar surface area (TPSA) is 66.0 Å². The average molecular weight is 407 g/mol. The number of methoxy groups -OCH3 is 1. The maximum Gasteiger partial charge on any atom is 0.253 e. The molecule has 30 heavy (non-hydrogen) atoms. The summed E-state index contributed by atoms with van der Waals surface area (Å²) in [5.41, 5.74) is 1.83. The Hall–Kier alpha value is -3.61. The summed E-state index contributed by atoms with van der Waals surface area (Å²) >= 11 is 0. The quantitative estimate of drug-likeness (QED) is 0.458. The van der Waals surface area contributed by atoms with Crippen molar-refractivity contribution in [3.8, 4) is 41.9 Å². The highest BCUT2D eigenvalue weighted by Gasteiger charge is 2.20. The van der Waals surface area contributed by atoms with E-state index in [0.717, 1.165) is 11.1 Å². The van der Waals surface area contributed by atoms with E-state index in [9.17, 15) is 4.79 Å². The van der Waals surface area contributed by atoms with Crippen LogP contribution in [0, 0.1) is 31.6 Å². The molecule has 6 nitrogen and oxygen atoms in total. The zero-order valence-corrected chi connectivity index (χ0v) is 17.1. The first-order valence-electron chi connectivity index (χ1n) is 9.35. The second kappa shape index (κ2) is 12.1. The van der Waals surface area contributed by atoms with Gasteiger partial charge in [-0.05, 0) is 24.6 Å². The summed E-state index contributed by atoms with van der Waals surface area (Å²) < 4.78 is 21.9. The molecule has 0 saturated heterocycles. The molecular weight excluding hydrogens is 382 g/mol. The number of carbonyl (C=O) groups excluding carboxylic acids is 1. The van der Waals surface area contributed by atoms with E-state index in [0.29, 0.717) is 17.2 Å². The van der Waals surface area contributed by atoms with E-state index in [1.54, 1.807) is 18.2 Å². The summed E-state index contributed by atoms with van der Waals surface area (Å²) in [7, 11) is 1.53. The Morgan fingerprint density at radius 3 is 2.43 bits per heavy atom. The Kier molecular flexibility index (Phi) is 9.12. The van der Waals surface area contributed by atoms with Gasteiger partial charge in [0.15, 0.2) is 17.6 Å². The zero-order chi connectivity index (χ0) is 21.8. The lowest BCUT2D eigenvalue weighted by atomic mass is 10.1. The van der Waals surface area contributed by atoms with Gasteiger partial charge in [0, 0.05) is 6.07 Å². The number of rotatable bonds is 11. The number of carbonyl (C=O) groups is 1. The highest BCUT2D eigenvalue weighted by Crippen LogP contribution is 2.31. The summed E-state index contributed by atoms with van der Waals surface area (Å²) in [6.45, 7) is 2.71. The van der Waals surface area contributed by atoms with Gasteiger partial charge in [0.25, 0.3) is 5.91 Å². The third-order valence-corrected chi connectivity index (χ3v) is 4.07. The van der Waals surface area contributed by atoms with Gasteiger partial charge in [0.1, 0.15) is 25.6 Å². The lowest BCUT2D eigenvalue weighted by Crippen LogP contribution is -2.34. The molecule has 1 amide bonds. The minimum atomic E-state index is -0.783. The van der Waals surface area contributed by atoms with Crippen molar-refractivity contribution in [1.82, 2.24) is 5.32 Å². The van der Waals surface area contributed by atoms with Crippen LogP contribution in [-0.2, 0) is 9.53 Å². The molecule has 0 aliphatic heterocycles. The Labute approximate surface area is 177 Å². The third-order valence-electron chi connectivity index (χ3n) is 4.07. The van der Waals surface area contributed by atoms with Gasteiger partial charge in [0.2, 0.25) is 0 Å². The molecule has 0 bridgehead atoms. The Morgan fingerprint density at radius 2 is 1.77 bits per heavy atom. The van der Waals surface area contributed by atoms with E-state index in [-0.39, 0.29) is 32.3 Å². The summed E-state index contributed by atoms with van der Waals surface area (Å²) in [6.07, 6.45) is 9.69. The first kappa shape index (κ1) is 22.7. The largest absolute Gasteiger partial charge is 0.493 e. The highest BCUT2D eigenvalue weighted by atomic mass is 16.5. The minimum absolute atomic E-state index is 0.0380.